The Hall–Kier alpha value is -6.24. The number of nitrogens with two attached hydrogens (primary N) is 7. The van der Waals surface area contributed by atoms with Crippen LogP contribution < -0.4 is 84.0 Å². The largest absolute Gasteiger partial charge is 0.426 e. The first kappa shape index (κ1) is 73.8. The fourth-order valence-corrected chi connectivity index (χ4v) is 4.79. The Morgan fingerprint density at radius 2 is 1.18 bits per heavy atom. The van der Waals surface area contributed by atoms with E-state index in [9.17, 15) is 58.6 Å². The van der Waals surface area contributed by atoms with Crippen molar-refractivity contribution in [1.29, 1.82) is 0 Å². The molecule has 0 saturated carbocycles. The van der Waals surface area contributed by atoms with E-state index < -0.39 is 51.2 Å². The van der Waals surface area contributed by atoms with Crippen LogP contribution in [0.25, 0.3) is 0 Å². The van der Waals surface area contributed by atoms with Gasteiger partial charge in [-0.3, -0.25) is 39.6 Å². The minimum Gasteiger partial charge on any atom is -0.415 e. The predicted molar refractivity (Wildman–Crippen MR) is 317 cm³/mol. The van der Waals surface area contributed by atoms with Crippen molar-refractivity contribution in [2.75, 3.05) is 36.7 Å². The van der Waals surface area contributed by atoms with E-state index >= 15 is 0 Å². The van der Waals surface area contributed by atoms with Gasteiger partial charge in [-0.15, -0.1) is 52.0 Å². The van der Waals surface area contributed by atoms with Crippen molar-refractivity contribution in [3.05, 3.63) is 117 Å². The van der Waals surface area contributed by atoms with Crippen molar-refractivity contribution in [3.8, 4) is 17.2 Å². The second-order valence-electron chi connectivity index (χ2n) is 12.6. The third kappa shape index (κ3) is 23.8. The molecule has 1 aliphatic rings. The number of aromatic amines is 1. The Balaban J connectivity index is 0. The first-order valence-corrected chi connectivity index (χ1v) is 38.0. The van der Waals surface area contributed by atoms with Crippen molar-refractivity contribution in [3.63, 3.8) is 0 Å². The van der Waals surface area contributed by atoms with E-state index in [0.717, 1.165) is 21.8 Å². The molecule has 0 atom stereocenters. The van der Waals surface area contributed by atoms with E-state index in [1.165, 1.54) is 84.9 Å². The molecular formula is C34H38Cl2I6N21O15-. The number of nitrogen functional groups attached to an aromatic ring is 3. The summed E-state index contributed by atoms with van der Waals surface area (Å²) in [6, 6.07) is 9.21. The van der Waals surface area contributed by atoms with Gasteiger partial charge in [0, 0.05) is 75.1 Å². The molecule has 4 aromatic heterocycles. The number of carbonyl (C=O) groups is 8. The molecule has 426 valence electrons. The minimum atomic E-state index is -0.979. The molecule has 0 bridgehead atoms. The van der Waals surface area contributed by atoms with Crippen LogP contribution in [-0.4, -0.2) is 115 Å². The van der Waals surface area contributed by atoms with Crippen LogP contribution in [-0.2, 0) is 0 Å². The normalized spacial score (nSPS) is 10.1. The van der Waals surface area contributed by atoms with Gasteiger partial charge in [0.15, 0.2) is 28.7 Å². The number of rotatable bonds is 9. The van der Waals surface area contributed by atoms with Crippen LogP contribution in [0, 0.1) is 20.2 Å². The zero-order valence-corrected chi connectivity index (χ0v) is 53.3. The molecule has 6 amide bonds. The van der Waals surface area contributed by atoms with Gasteiger partial charge in [-0.05, 0) is 36.4 Å². The number of hydrogen-bond acceptors (Lipinski definition) is 24. The number of hydrazine groups is 2. The van der Waals surface area contributed by atoms with E-state index in [1.807, 2.05) is 0 Å². The van der Waals surface area contributed by atoms with Gasteiger partial charge in [0.2, 0.25) is 0 Å². The summed E-state index contributed by atoms with van der Waals surface area (Å²) in [5.74, 6) is -2.57. The average Bonchev–Trinajstić information content (AvgIpc) is 4.18. The van der Waals surface area contributed by atoms with E-state index in [2.05, 4.69) is 125 Å². The van der Waals surface area contributed by atoms with E-state index in [0.29, 0.717) is 13.3 Å². The van der Waals surface area contributed by atoms with Gasteiger partial charge in [-0.2, -0.15) is 0 Å². The molecule has 0 aliphatic carbocycles. The summed E-state index contributed by atoms with van der Waals surface area (Å²) in [6.07, 6.45) is 3.75. The van der Waals surface area contributed by atoms with Crippen LogP contribution >= 0.6 is 122 Å². The topological polar surface area (TPSA) is 554 Å². The molecule has 0 unspecified atom stereocenters. The maximum absolute atomic E-state index is 11.8. The molecule has 2 aromatic carbocycles. The number of H-pyrrole nitrogens is 1. The van der Waals surface area contributed by atoms with Crippen LogP contribution in [0.15, 0.2) is 73.8 Å². The molecule has 78 heavy (non-hydrogen) atoms. The number of nitrogens with one attached hydrogen (secondary N) is 4. The Morgan fingerprint density at radius 1 is 0.731 bits per heavy atom. The van der Waals surface area contributed by atoms with Crippen LogP contribution in [0.2, 0.25) is 0 Å². The number of ether oxygens (including phenoxy) is 2. The predicted octanol–water partition coefficient (Wildman–Crippen LogP) is 0.670. The first-order chi connectivity index (χ1) is 35.8. The number of aromatic nitrogens is 8. The van der Waals surface area contributed by atoms with Crippen LogP contribution in [0.5, 0.6) is 17.2 Å². The first-order valence-electron chi connectivity index (χ1n) is 18.8. The number of nitro groups is 1. The van der Waals surface area contributed by atoms with Crippen LogP contribution in [0.3, 0.4) is 0 Å². The van der Waals surface area contributed by atoms with Crippen molar-refractivity contribution >= 4 is 199 Å². The summed E-state index contributed by atoms with van der Waals surface area (Å²) in [5, 5.41) is 23.0. The van der Waals surface area contributed by atoms with Crippen molar-refractivity contribution < 1.29 is 75.9 Å². The van der Waals surface area contributed by atoms with Crippen molar-refractivity contribution in [1.82, 2.24) is 54.5 Å². The van der Waals surface area contributed by atoms with Gasteiger partial charge in [0.05, 0.1) is 11.3 Å². The fraction of sp³-hybridized carbons (Fsp3) is 0.0588. The van der Waals surface area contributed by atoms with Gasteiger partial charge in [-0.1, -0.05) is 0 Å². The number of fused-ring (bicyclic) bond motifs is 1. The SMILES string of the molecule is CN1NNc2c(C(N)=O)ncn2C1=O.CNC(=O)n1cnc(C(N)=O)c1N.Cl.I.II.I[I-]I.NC(=O)c1[nH]cnc1N.NC(=O)c1ncn(C(=O)Oc2ccc([N+](=O)[O-])cc2)c1N.O=C(Cl)Oc1ccc(O[N+](=O)[O-])cc1. The van der Waals surface area contributed by atoms with E-state index in [4.69, 9.17) is 56.5 Å². The summed E-state index contributed by atoms with van der Waals surface area (Å²) in [6.45, 7) is 0. The molecule has 0 radical (unpaired) electrons. The molecule has 0 saturated heterocycles. The number of nitro benzene ring substituents is 1. The maximum Gasteiger partial charge on any atom is 0.426 e. The summed E-state index contributed by atoms with van der Waals surface area (Å²) < 4.78 is 12.4. The van der Waals surface area contributed by atoms with Crippen LogP contribution in [0.1, 0.15) is 42.0 Å². The van der Waals surface area contributed by atoms with Gasteiger partial charge in [0.1, 0.15) is 53.6 Å². The Bertz CT molecular complexity index is 2990. The number of hydrogen-bond donors (Lipinski definition) is 11. The zero-order valence-electron chi connectivity index (χ0n) is 38.6. The number of imidazole rings is 4. The number of primary amides is 4. The van der Waals surface area contributed by atoms with Gasteiger partial charge >= 0.3 is 74.1 Å². The Kier molecular flexibility index (Phi) is 35.5. The second-order valence-corrected chi connectivity index (χ2v) is 29.1. The van der Waals surface area contributed by atoms with E-state index in [1.54, 1.807) is 0 Å². The molecule has 6 aromatic rings. The van der Waals surface area contributed by atoms with Gasteiger partial charge in [-0.25, -0.2) is 57.8 Å². The Morgan fingerprint density at radius 3 is 1.58 bits per heavy atom. The standard InChI is InChI=1S/C11H9N5O5.C7H4ClNO5.C6H8N6O2.C6H9N5O2.C4H6N4O.ClH.I3.I2.HI/c12-9-8(10(13)17)14-5-15(9)11(18)21-7-3-1-6(2-4-7)16(19)20;8-7(10)13-5-1-3-6(4-2-5)14-9(11)12;1-11-6(14)12-2-8-3(4(7)13)5(12)9-10-11;1-9-6(13)11-2-10-3(4(11)7)5(8)12;5-3-2(4(6)9)7-1-8-3;;1-3-2;1-2;/h1-5H,12H2,(H2,13,17);1-4H;2,9-10H,1H3,(H2,7,13);2H,7H2,1H3,(H2,8,12)(H,9,13);1H,5H2,(H2,6,9)(H,7,8);1H;;;1H/q;;;;;;-1;;. The summed E-state index contributed by atoms with van der Waals surface area (Å²) in [4.78, 5) is 128. The molecule has 1 aliphatic heterocycles. The number of anilines is 4. The third-order valence-electron chi connectivity index (χ3n) is 7.91. The average molecular weight is 1810 g/mol. The van der Waals surface area contributed by atoms with Gasteiger partial charge < -0.3 is 59.9 Å². The zero-order chi connectivity index (χ0) is 58.0. The molecule has 0 spiro atoms. The molecule has 0 fully saturated rings. The molecule has 36 nitrogen and oxygen atoms in total. The monoisotopic (exact) mass is 1810 g/mol. The molecule has 7 rings (SSSR count). The van der Waals surface area contributed by atoms with E-state index in [-0.39, 0.29) is 111 Å². The summed E-state index contributed by atoms with van der Waals surface area (Å²) in [5.41, 5.74) is 39.9. The number of benzene rings is 2. The number of nitrogens with zero attached hydrogens (tertiary/aromatic N) is 10. The number of non-ortho nitro benzene ring substituents is 1. The smallest absolute Gasteiger partial charge is 0.415 e. The maximum atomic E-state index is 11.8. The quantitative estimate of drug-likeness (QED) is 0.0410. The molecule has 5 heterocycles. The minimum absolute atomic E-state index is 0. The third-order valence-corrected chi connectivity index (χ3v) is 7.99. The second kappa shape index (κ2) is 37.6. The number of amides is 6. The molecular weight excluding hydrogens is 1770 g/mol. The van der Waals surface area contributed by atoms with Crippen molar-refractivity contribution in [2.45, 2.75) is 0 Å². The number of halogens is 8. The fourth-order valence-electron chi connectivity index (χ4n) is 4.70. The van der Waals surface area contributed by atoms with Gasteiger partial charge in [0.25, 0.3) is 34.4 Å². The summed E-state index contributed by atoms with van der Waals surface area (Å²) >= 11 is 14.5. The Labute approximate surface area is 517 Å². The molecule has 44 heteroatoms. The molecule has 18 N–H and O–H groups in total. The summed E-state index contributed by atoms with van der Waals surface area (Å²) in [7, 11) is 2.97. The van der Waals surface area contributed by atoms with Crippen molar-refractivity contribution in [2.24, 2.45) is 22.9 Å². The number of carbonyl (C=O) groups excluding carboxylic acids is 8. The van der Waals surface area contributed by atoms with Crippen LogP contribution in [0.4, 0.5) is 48.1 Å².